The second kappa shape index (κ2) is 12.4. The molecule has 1 aliphatic carbocycles. The summed E-state index contributed by atoms with van der Waals surface area (Å²) in [6.45, 7) is 4.35. The van der Waals surface area contributed by atoms with Crippen molar-refractivity contribution >= 4 is 33.8 Å². The summed E-state index contributed by atoms with van der Waals surface area (Å²) >= 11 is 6.38. The first-order valence-corrected chi connectivity index (χ1v) is 15.7. The van der Waals surface area contributed by atoms with E-state index in [1.165, 1.54) is 11.1 Å². The van der Waals surface area contributed by atoms with Gasteiger partial charge in [0, 0.05) is 36.2 Å². The third-order valence-electron chi connectivity index (χ3n) is 8.52. The van der Waals surface area contributed by atoms with Gasteiger partial charge < -0.3 is 22.9 Å². The van der Waals surface area contributed by atoms with Gasteiger partial charge >= 0.3 is 0 Å². The summed E-state index contributed by atoms with van der Waals surface area (Å²) in [5.41, 5.74) is 3.76. The number of allylic oxidation sites excluding steroid dienone is 1. The van der Waals surface area contributed by atoms with Crippen LogP contribution in [0.2, 0.25) is 5.02 Å². The van der Waals surface area contributed by atoms with Crippen LogP contribution in [0, 0.1) is 5.92 Å². The van der Waals surface area contributed by atoms with Crippen LogP contribution in [0.3, 0.4) is 0 Å². The summed E-state index contributed by atoms with van der Waals surface area (Å²) < 4.78 is 29.0. The number of aryl methyl sites for hydroxylation is 1. The van der Waals surface area contributed by atoms with Gasteiger partial charge in [-0.2, -0.15) is 10.6 Å². The molecule has 1 amide bonds. The molecule has 2 heterocycles. The molecule has 39 heavy (non-hydrogen) atoms. The molecule has 8 heteroatoms. The van der Waals surface area contributed by atoms with Gasteiger partial charge in [-0.15, -0.1) is 0 Å². The maximum absolute atomic E-state index is 13.0. The van der Waals surface area contributed by atoms with E-state index >= 15 is 0 Å². The second-order valence-electron chi connectivity index (χ2n) is 11.0. The fourth-order valence-corrected chi connectivity index (χ4v) is 7.37. The van der Waals surface area contributed by atoms with Crippen molar-refractivity contribution in [3.05, 3.63) is 70.3 Å². The van der Waals surface area contributed by atoms with Crippen LogP contribution < -0.4 is 9.64 Å². The first-order chi connectivity index (χ1) is 18.9. The minimum atomic E-state index is -1.56. The van der Waals surface area contributed by atoms with E-state index in [1.807, 2.05) is 18.2 Å². The Kier molecular flexibility index (Phi) is 8.99. The molecule has 0 radical (unpaired) electrons. The molecule has 210 valence electrons. The molecule has 2 bridgehead atoms. The maximum Gasteiger partial charge on any atom is 0.254 e. The zero-order valence-corrected chi connectivity index (χ0v) is 24.4. The maximum atomic E-state index is 13.0. The molecule has 0 saturated carbocycles. The minimum absolute atomic E-state index is 0.0141. The molecule has 1 spiro atoms. The highest BCUT2D eigenvalue weighted by Gasteiger charge is 2.42. The van der Waals surface area contributed by atoms with Crippen LogP contribution in [0.15, 0.2) is 52.9 Å². The lowest BCUT2D eigenvalue weighted by Crippen LogP contribution is -2.46. The number of anilines is 1. The topological polar surface area (TPSA) is 68.2 Å². The van der Waals surface area contributed by atoms with Gasteiger partial charge in [-0.25, -0.2) is 0 Å². The lowest BCUT2D eigenvalue weighted by molar-refractivity contribution is 0.0840. The fourth-order valence-electron chi connectivity index (χ4n) is 6.38. The van der Waals surface area contributed by atoms with Crippen molar-refractivity contribution in [3.63, 3.8) is 0 Å². The normalized spacial score (nSPS) is 27.3. The number of carbonyl (C=O) groups excluding carboxylic acids is 1. The zero-order valence-electron chi connectivity index (χ0n) is 22.9. The van der Waals surface area contributed by atoms with Crippen LogP contribution in [0.1, 0.15) is 66.9 Å². The highest BCUT2D eigenvalue weighted by atomic mass is 35.5. The number of benzene rings is 2. The molecule has 3 aliphatic rings. The zero-order chi connectivity index (χ0) is 27.4. The number of methoxy groups -OCH3 is 1. The summed E-state index contributed by atoms with van der Waals surface area (Å²) in [5, 5.41) is 0.766. The van der Waals surface area contributed by atoms with Crippen LogP contribution in [0.25, 0.3) is 0 Å². The lowest BCUT2D eigenvalue weighted by atomic mass is 9.70. The minimum Gasteiger partial charge on any atom is -0.490 e. The Morgan fingerprint density at radius 2 is 2.10 bits per heavy atom. The Morgan fingerprint density at radius 3 is 2.92 bits per heavy atom. The number of fused-ring (bicyclic) bond motifs is 3. The van der Waals surface area contributed by atoms with E-state index in [0.29, 0.717) is 30.3 Å². The summed E-state index contributed by atoms with van der Waals surface area (Å²) in [6, 6.07) is 11.8. The van der Waals surface area contributed by atoms with Gasteiger partial charge in [0.15, 0.2) is 0 Å². The van der Waals surface area contributed by atoms with Gasteiger partial charge in [0.2, 0.25) is 0 Å². The van der Waals surface area contributed by atoms with Gasteiger partial charge in [-0.3, -0.25) is 4.79 Å². The van der Waals surface area contributed by atoms with Crippen molar-refractivity contribution < 1.29 is 18.5 Å². The van der Waals surface area contributed by atoms with Crippen LogP contribution in [-0.4, -0.2) is 44.6 Å². The predicted molar refractivity (Wildman–Crippen MR) is 157 cm³/mol. The van der Waals surface area contributed by atoms with E-state index in [0.717, 1.165) is 68.1 Å². The molecule has 3 atom stereocenters. The molecule has 5 rings (SSSR count). The van der Waals surface area contributed by atoms with Crippen LogP contribution in [0.5, 0.6) is 5.75 Å². The molecule has 0 unspecified atom stereocenters. The fraction of sp³-hybridized carbons (Fsp3) is 0.516. The number of nitrogens with zero attached hydrogens (tertiary/aromatic N) is 2. The molecule has 2 aliphatic heterocycles. The van der Waals surface area contributed by atoms with Crippen LogP contribution in [-0.2, 0) is 31.4 Å². The third kappa shape index (κ3) is 6.21. The number of ether oxygens (including phenoxy) is 2. The van der Waals surface area contributed by atoms with E-state index < -0.39 is 16.5 Å². The monoisotopic (exact) mass is 569 g/mol. The van der Waals surface area contributed by atoms with E-state index in [2.05, 4.69) is 40.5 Å². The Balaban J connectivity index is 1.57. The first-order valence-electron chi connectivity index (χ1n) is 14.1. The summed E-state index contributed by atoms with van der Waals surface area (Å²) in [5.74, 6) is 1.02. The van der Waals surface area contributed by atoms with Gasteiger partial charge in [0.1, 0.15) is 5.75 Å². The number of hydrogen-bond donors (Lipinski definition) is 0. The molecule has 2 aromatic carbocycles. The third-order valence-corrected chi connectivity index (χ3v) is 9.76. The van der Waals surface area contributed by atoms with Crippen LogP contribution >= 0.6 is 11.6 Å². The second-order valence-corrected chi connectivity index (χ2v) is 12.6. The Morgan fingerprint density at radius 1 is 1.23 bits per heavy atom. The average Bonchev–Trinajstić information content (AvgIpc) is 3.08. The first kappa shape index (κ1) is 28.2. The number of carbonyl (C=O) groups is 1. The van der Waals surface area contributed by atoms with E-state index in [1.54, 1.807) is 13.2 Å². The Labute approximate surface area is 238 Å². The van der Waals surface area contributed by atoms with Crippen LogP contribution in [0.4, 0.5) is 5.69 Å². The lowest BCUT2D eigenvalue weighted by Gasteiger charge is -2.41. The van der Waals surface area contributed by atoms with Crippen molar-refractivity contribution in [1.29, 1.82) is 0 Å². The quantitative estimate of drug-likeness (QED) is 0.291. The Hall–Kier alpha value is -2.35. The molecule has 2 aromatic rings. The molecule has 0 aromatic heterocycles. The van der Waals surface area contributed by atoms with Crippen molar-refractivity contribution in [2.45, 2.75) is 63.4 Å². The van der Waals surface area contributed by atoms with Crippen molar-refractivity contribution in [2.75, 3.05) is 37.5 Å². The largest absolute Gasteiger partial charge is 0.490 e. The van der Waals surface area contributed by atoms with E-state index in [4.69, 9.17) is 21.1 Å². The molecule has 0 fully saturated rings. The molecule has 6 nitrogen and oxygen atoms in total. The highest BCUT2D eigenvalue weighted by molar-refractivity contribution is 7.75. The summed E-state index contributed by atoms with van der Waals surface area (Å²) in [4.78, 5) is 15.4. The number of rotatable bonds is 2. The smallest absolute Gasteiger partial charge is 0.254 e. The van der Waals surface area contributed by atoms with Gasteiger partial charge in [0.05, 0.1) is 18.4 Å². The van der Waals surface area contributed by atoms with E-state index in [9.17, 15) is 9.00 Å². The predicted octanol–water partition coefficient (Wildman–Crippen LogP) is 6.88. The van der Waals surface area contributed by atoms with Crippen molar-refractivity contribution in [1.82, 2.24) is 0 Å². The number of hydrogen-bond acceptors (Lipinski definition) is 6. The molecule has 0 saturated heterocycles. The average molecular weight is 570 g/mol. The standard InChI is InChI=1S/C31H38ClN2O4S/c1-3-22-14-16-34-20-31(15-7-8-23-18-25(32)11-12-26(23)31)21-38-29-13-10-24(19-27(29)34)30(35)33-39(36)17-6-4-5-9-28(22)37-2/h5,9-13,18-19,22,28H,3-4,6-8,14-17,20-21H2,1-2H3/q-1/b9-5+/t22-,28+,31+/m1/s1. The SMILES string of the molecule is CC[C@@H]1CCN2C[C@@]3(CCCc4cc(Cl)ccc43)COc3ccc(cc32)C(=O)N=[S-](=O)CCC/C=C/[C@@H]1OC. The molecular formula is C31H38ClN2O4S-. The van der Waals surface area contributed by atoms with Gasteiger partial charge in [-0.1, -0.05) is 55.3 Å². The van der Waals surface area contributed by atoms with Crippen molar-refractivity contribution in [2.24, 2.45) is 10.3 Å². The number of amides is 1. The van der Waals surface area contributed by atoms with Crippen molar-refractivity contribution in [3.8, 4) is 5.75 Å². The molecular weight excluding hydrogens is 532 g/mol. The summed E-state index contributed by atoms with van der Waals surface area (Å²) in [7, 11) is 0.216. The Bertz CT molecular complexity index is 1320. The number of halogens is 1. The molecule has 0 N–H and O–H groups in total. The van der Waals surface area contributed by atoms with Gasteiger partial charge in [0.25, 0.3) is 5.91 Å². The highest BCUT2D eigenvalue weighted by Crippen LogP contribution is 2.44. The van der Waals surface area contributed by atoms with E-state index in [-0.39, 0.29) is 11.5 Å². The summed E-state index contributed by atoms with van der Waals surface area (Å²) in [6.07, 6.45) is 10.8. The van der Waals surface area contributed by atoms with Gasteiger partial charge in [-0.05, 0) is 79.5 Å².